The fourth-order valence-corrected chi connectivity index (χ4v) is 4.87. The molecule has 1 fully saturated rings. The van der Waals surface area contributed by atoms with Gasteiger partial charge in [-0.15, -0.1) is 0 Å². The molecule has 2 aromatic carbocycles. The Balaban J connectivity index is 1.64. The molecule has 4 nitrogen and oxygen atoms in total. The van der Waals surface area contributed by atoms with Crippen LogP contribution in [0.5, 0.6) is 0 Å². The molecule has 1 aliphatic heterocycles. The van der Waals surface area contributed by atoms with E-state index in [1.165, 1.54) is 23.8 Å². The lowest BCUT2D eigenvalue weighted by atomic mass is 10.2. The van der Waals surface area contributed by atoms with Crippen LogP contribution in [0.15, 0.2) is 53.4 Å². The van der Waals surface area contributed by atoms with Crippen molar-refractivity contribution in [1.82, 2.24) is 9.62 Å². The largest absolute Gasteiger partial charge is 0.297 e. The third kappa shape index (κ3) is 4.49. The lowest BCUT2D eigenvalue weighted by Gasteiger charge is -2.17. The highest BCUT2D eigenvalue weighted by Crippen LogP contribution is 2.23. The quantitative estimate of drug-likeness (QED) is 0.857. The standard InChI is InChI=1S/C17H18Cl2N2O2S/c18-14-8-15(19)10-17(9-14)24(22,23)20-16-6-7-21(12-16)11-13-4-2-1-3-5-13/h1-5,8-10,16,20H,6-7,11-12H2/t16-/m1/s1. The van der Waals surface area contributed by atoms with Gasteiger partial charge in [-0.3, -0.25) is 4.90 Å². The van der Waals surface area contributed by atoms with Gasteiger partial charge in [0, 0.05) is 35.7 Å². The van der Waals surface area contributed by atoms with Gasteiger partial charge >= 0.3 is 0 Å². The van der Waals surface area contributed by atoms with Gasteiger partial charge in [0.25, 0.3) is 0 Å². The van der Waals surface area contributed by atoms with Crippen LogP contribution in [0.25, 0.3) is 0 Å². The van der Waals surface area contributed by atoms with Gasteiger partial charge in [0.2, 0.25) is 10.0 Å². The van der Waals surface area contributed by atoms with Crippen LogP contribution in [0.3, 0.4) is 0 Å². The van der Waals surface area contributed by atoms with E-state index >= 15 is 0 Å². The summed E-state index contributed by atoms with van der Waals surface area (Å²) in [7, 11) is -3.63. The van der Waals surface area contributed by atoms with Crippen LogP contribution in [-0.2, 0) is 16.6 Å². The van der Waals surface area contributed by atoms with Crippen molar-refractivity contribution in [1.29, 1.82) is 0 Å². The number of rotatable bonds is 5. The normalized spacial score (nSPS) is 18.8. The molecule has 1 atom stereocenters. The Kier molecular flexibility index (Phi) is 5.47. The second kappa shape index (κ2) is 7.42. The molecule has 0 spiro atoms. The van der Waals surface area contributed by atoms with Crippen LogP contribution in [0.1, 0.15) is 12.0 Å². The number of nitrogens with zero attached hydrogens (tertiary/aromatic N) is 1. The maximum Gasteiger partial charge on any atom is 0.240 e. The van der Waals surface area contributed by atoms with Crippen LogP contribution >= 0.6 is 23.2 Å². The van der Waals surface area contributed by atoms with Crippen molar-refractivity contribution >= 4 is 33.2 Å². The molecule has 0 amide bonds. The van der Waals surface area contributed by atoms with Crippen molar-refractivity contribution in [3.63, 3.8) is 0 Å². The lowest BCUT2D eigenvalue weighted by Crippen LogP contribution is -2.37. The van der Waals surface area contributed by atoms with E-state index in [-0.39, 0.29) is 10.9 Å². The van der Waals surface area contributed by atoms with Gasteiger partial charge in [-0.2, -0.15) is 0 Å². The Labute approximate surface area is 152 Å². The van der Waals surface area contributed by atoms with Gasteiger partial charge in [-0.25, -0.2) is 13.1 Å². The Morgan fingerprint density at radius 3 is 2.42 bits per heavy atom. The molecular weight excluding hydrogens is 367 g/mol. The van der Waals surface area contributed by atoms with Gasteiger partial charge < -0.3 is 0 Å². The predicted molar refractivity (Wildman–Crippen MR) is 96.9 cm³/mol. The van der Waals surface area contributed by atoms with Crippen molar-refractivity contribution in [3.05, 3.63) is 64.1 Å². The summed E-state index contributed by atoms with van der Waals surface area (Å²) in [6.45, 7) is 2.36. The monoisotopic (exact) mass is 384 g/mol. The molecule has 1 N–H and O–H groups in total. The molecular formula is C17H18Cl2N2O2S. The van der Waals surface area contributed by atoms with E-state index in [1.54, 1.807) is 0 Å². The zero-order chi connectivity index (χ0) is 17.2. The molecule has 0 aromatic heterocycles. The van der Waals surface area contributed by atoms with E-state index in [4.69, 9.17) is 23.2 Å². The summed E-state index contributed by atoms with van der Waals surface area (Å²) < 4.78 is 27.8. The number of hydrogen-bond donors (Lipinski definition) is 1. The topological polar surface area (TPSA) is 49.4 Å². The second-order valence-corrected chi connectivity index (χ2v) is 8.52. The smallest absolute Gasteiger partial charge is 0.240 e. The molecule has 0 bridgehead atoms. The van der Waals surface area contributed by atoms with E-state index in [9.17, 15) is 8.42 Å². The average Bonchev–Trinajstić information content (AvgIpc) is 2.93. The van der Waals surface area contributed by atoms with Crippen molar-refractivity contribution in [2.24, 2.45) is 0 Å². The number of nitrogens with one attached hydrogen (secondary N) is 1. The van der Waals surface area contributed by atoms with Crippen LogP contribution in [0.4, 0.5) is 0 Å². The lowest BCUT2D eigenvalue weighted by molar-refractivity contribution is 0.324. The first-order valence-corrected chi connectivity index (χ1v) is 9.91. The van der Waals surface area contributed by atoms with Crippen LogP contribution in [0, 0.1) is 0 Å². The van der Waals surface area contributed by atoms with E-state index in [0.717, 1.165) is 19.5 Å². The Morgan fingerprint density at radius 2 is 1.75 bits per heavy atom. The van der Waals surface area contributed by atoms with Gasteiger partial charge in [0.1, 0.15) is 0 Å². The van der Waals surface area contributed by atoms with Crippen LogP contribution in [-0.4, -0.2) is 32.4 Å². The first-order valence-electron chi connectivity index (χ1n) is 7.67. The van der Waals surface area contributed by atoms with E-state index in [2.05, 4.69) is 21.8 Å². The molecule has 1 heterocycles. The fourth-order valence-electron chi connectivity index (χ4n) is 2.89. The SMILES string of the molecule is O=S(=O)(N[C@@H]1CCN(Cc2ccccc2)C1)c1cc(Cl)cc(Cl)c1. The molecule has 24 heavy (non-hydrogen) atoms. The minimum atomic E-state index is -3.63. The summed E-state index contributed by atoms with van der Waals surface area (Å²) in [5.74, 6) is 0. The number of benzene rings is 2. The average molecular weight is 385 g/mol. The molecule has 0 unspecified atom stereocenters. The highest BCUT2D eigenvalue weighted by atomic mass is 35.5. The predicted octanol–water partition coefficient (Wildman–Crippen LogP) is 3.55. The van der Waals surface area contributed by atoms with Crippen molar-refractivity contribution < 1.29 is 8.42 Å². The van der Waals surface area contributed by atoms with E-state index in [1.807, 2.05) is 18.2 Å². The minimum absolute atomic E-state index is 0.0986. The molecule has 128 valence electrons. The second-order valence-electron chi connectivity index (χ2n) is 5.93. The number of sulfonamides is 1. The first-order chi connectivity index (χ1) is 11.4. The number of likely N-dealkylation sites (tertiary alicyclic amines) is 1. The summed E-state index contributed by atoms with van der Waals surface area (Å²) >= 11 is 11.8. The zero-order valence-corrected chi connectivity index (χ0v) is 15.3. The number of halogens is 2. The molecule has 0 aliphatic carbocycles. The third-order valence-electron chi connectivity index (χ3n) is 3.99. The van der Waals surface area contributed by atoms with Crippen LogP contribution in [0.2, 0.25) is 10.0 Å². The number of hydrogen-bond acceptors (Lipinski definition) is 3. The Hall–Kier alpha value is -1.11. The van der Waals surface area contributed by atoms with E-state index in [0.29, 0.717) is 16.6 Å². The highest BCUT2D eigenvalue weighted by Gasteiger charge is 2.27. The Bertz CT molecular complexity index is 792. The van der Waals surface area contributed by atoms with Gasteiger partial charge in [0.05, 0.1) is 4.90 Å². The van der Waals surface area contributed by atoms with E-state index < -0.39 is 10.0 Å². The fraction of sp³-hybridized carbons (Fsp3) is 0.294. The molecule has 0 radical (unpaired) electrons. The molecule has 2 aromatic rings. The molecule has 1 saturated heterocycles. The Morgan fingerprint density at radius 1 is 1.08 bits per heavy atom. The molecule has 0 saturated carbocycles. The van der Waals surface area contributed by atoms with Crippen molar-refractivity contribution in [3.8, 4) is 0 Å². The first kappa shape index (κ1) is 17.7. The highest BCUT2D eigenvalue weighted by molar-refractivity contribution is 7.89. The maximum atomic E-state index is 12.5. The molecule has 1 aliphatic rings. The molecule has 7 heteroatoms. The van der Waals surface area contributed by atoms with Crippen molar-refractivity contribution in [2.45, 2.75) is 23.9 Å². The summed E-state index contributed by atoms with van der Waals surface area (Å²) in [6.07, 6.45) is 0.778. The minimum Gasteiger partial charge on any atom is -0.297 e. The van der Waals surface area contributed by atoms with Gasteiger partial charge in [0.15, 0.2) is 0 Å². The van der Waals surface area contributed by atoms with Gasteiger partial charge in [-0.05, 0) is 30.2 Å². The zero-order valence-electron chi connectivity index (χ0n) is 13.0. The third-order valence-corrected chi connectivity index (χ3v) is 5.93. The molecule has 3 rings (SSSR count). The summed E-state index contributed by atoms with van der Waals surface area (Å²) in [6, 6.07) is 14.4. The van der Waals surface area contributed by atoms with Crippen molar-refractivity contribution in [2.75, 3.05) is 13.1 Å². The summed E-state index contributed by atoms with van der Waals surface area (Å²) in [4.78, 5) is 2.34. The van der Waals surface area contributed by atoms with Crippen LogP contribution < -0.4 is 4.72 Å². The maximum absolute atomic E-state index is 12.5. The summed E-state index contributed by atoms with van der Waals surface area (Å²) in [5.41, 5.74) is 1.22. The summed E-state index contributed by atoms with van der Waals surface area (Å²) in [5, 5.41) is 0.611. The van der Waals surface area contributed by atoms with Gasteiger partial charge in [-0.1, -0.05) is 53.5 Å².